The molecule has 1 aliphatic heterocycles. The Labute approximate surface area is 109 Å². The van der Waals surface area contributed by atoms with Crippen LogP contribution < -0.4 is 5.43 Å². The molecule has 1 saturated heterocycles. The SMILES string of the molecule is O=c1ccn(-c2cnn(C3CCOC3)c2)nc1CO. The van der Waals surface area contributed by atoms with Crippen LogP contribution in [0.3, 0.4) is 0 Å². The number of rotatable bonds is 3. The number of aromatic nitrogens is 4. The number of ether oxygens (including phenoxy) is 1. The van der Waals surface area contributed by atoms with Gasteiger partial charge in [0.25, 0.3) is 0 Å². The van der Waals surface area contributed by atoms with Crippen LogP contribution in [-0.4, -0.2) is 37.9 Å². The fourth-order valence-corrected chi connectivity index (χ4v) is 2.08. The van der Waals surface area contributed by atoms with Crippen LogP contribution in [0.25, 0.3) is 5.69 Å². The van der Waals surface area contributed by atoms with E-state index in [0.29, 0.717) is 6.61 Å². The maximum absolute atomic E-state index is 11.4. The van der Waals surface area contributed by atoms with Crippen LogP contribution in [0.4, 0.5) is 0 Å². The van der Waals surface area contributed by atoms with E-state index in [2.05, 4.69) is 10.2 Å². The summed E-state index contributed by atoms with van der Waals surface area (Å²) in [6, 6.07) is 1.64. The van der Waals surface area contributed by atoms with E-state index < -0.39 is 0 Å². The second kappa shape index (κ2) is 4.94. The highest BCUT2D eigenvalue weighted by Crippen LogP contribution is 2.18. The molecule has 100 valence electrons. The van der Waals surface area contributed by atoms with Crippen molar-refractivity contribution in [3.63, 3.8) is 0 Å². The molecule has 0 saturated carbocycles. The first kappa shape index (κ1) is 12.1. The molecule has 1 N–H and O–H groups in total. The zero-order valence-corrected chi connectivity index (χ0v) is 10.3. The molecular formula is C12H14N4O3. The predicted octanol–water partition coefficient (Wildman–Crippen LogP) is -0.117. The van der Waals surface area contributed by atoms with Gasteiger partial charge in [0.15, 0.2) is 0 Å². The van der Waals surface area contributed by atoms with Gasteiger partial charge < -0.3 is 9.84 Å². The van der Waals surface area contributed by atoms with E-state index in [-0.39, 0.29) is 23.8 Å². The molecule has 1 unspecified atom stereocenters. The van der Waals surface area contributed by atoms with Gasteiger partial charge in [0.1, 0.15) is 11.4 Å². The molecule has 1 atom stereocenters. The first-order chi connectivity index (χ1) is 9.28. The quantitative estimate of drug-likeness (QED) is 0.834. The van der Waals surface area contributed by atoms with Crippen molar-refractivity contribution < 1.29 is 9.84 Å². The Morgan fingerprint density at radius 3 is 3.16 bits per heavy atom. The molecule has 3 rings (SSSR count). The second-order valence-corrected chi connectivity index (χ2v) is 4.43. The molecule has 0 radical (unpaired) electrons. The van der Waals surface area contributed by atoms with Gasteiger partial charge in [-0.2, -0.15) is 10.2 Å². The molecule has 0 amide bonds. The van der Waals surface area contributed by atoms with Crippen LogP contribution in [0, 0.1) is 0 Å². The summed E-state index contributed by atoms with van der Waals surface area (Å²) in [7, 11) is 0. The minimum absolute atomic E-state index is 0.124. The summed E-state index contributed by atoms with van der Waals surface area (Å²) in [4.78, 5) is 11.4. The van der Waals surface area contributed by atoms with Crippen molar-refractivity contribution >= 4 is 0 Å². The third kappa shape index (κ3) is 2.29. The summed E-state index contributed by atoms with van der Waals surface area (Å²) in [5, 5.41) is 17.4. The van der Waals surface area contributed by atoms with Crippen molar-refractivity contribution in [1.29, 1.82) is 0 Å². The molecule has 7 heteroatoms. The van der Waals surface area contributed by atoms with E-state index in [1.807, 2.05) is 10.9 Å². The Bertz CT molecular complexity index is 628. The van der Waals surface area contributed by atoms with E-state index in [9.17, 15) is 4.79 Å². The van der Waals surface area contributed by atoms with Crippen LogP contribution >= 0.6 is 0 Å². The van der Waals surface area contributed by atoms with Crippen molar-refractivity contribution in [2.24, 2.45) is 0 Å². The summed E-state index contributed by atoms with van der Waals surface area (Å²) < 4.78 is 8.70. The molecule has 0 aliphatic carbocycles. The van der Waals surface area contributed by atoms with E-state index in [1.54, 1.807) is 12.4 Å². The maximum atomic E-state index is 11.4. The summed E-state index contributed by atoms with van der Waals surface area (Å²) in [6.45, 7) is 1.05. The van der Waals surface area contributed by atoms with E-state index in [0.717, 1.165) is 18.7 Å². The summed E-state index contributed by atoms with van der Waals surface area (Å²) >= 11 is 0. The highest BCUT2D eigenvalue weighted by atomic mass is 16.5. The monoisotopic (exact) mass is 262 g/mol. The number of nitrogens with zero attached hydrogens (tertiary/aromatic N) is 4. The number of aliphatic hydroxyl groups is 1. The molecule has 2 aromatic rings. The standard InChI is InChI=1S/C12H14N4O3/c17-7-11-12(18)1-3-15(14-11)10-5-13-16(6-10)9-2-4-19-8-9/h1,3,5-6,9,17H,2,4,7-8H2. The molecule has 1 fully saturated rings. The van der Waals surface area contributed by atoms with Gasteiger partial charge >= 0.3 is 0 Å². The normalized spacial score (nSPS) is 18.9. The first-order valence-electron chi connectivity index (χ1n) is 6.10. The molecular weight excluding hydrogens is 248 g/mol. The maximum Gasteiger partial charge on any atom is 0.205 e. The number of hydrogen-bond acceptors (Lipinski definition) is 5. The van der Waals surface area contributed by atoms with Crippen molar-refractivity contribution in [2.45, 2.75) is 19.1 Å². The van der Waals surface area contributed by atoms with Crippen molar-refractivity contribution in [2.75, 3.05) is 13.2 Å². The molecule has 0 spiro atoms. The molecule has 1 aliphatic rings. The third-order valence-electron chi connectivity index (χ3n) is 3.16. The van der Waals surface area contributed by atoms with Crippen LogP contribution in [0.15, 0.2) is 29.5 Å². The molecule has 19 heavy (non-hydrogen) atoms. The summed E-state index contributed by atoms with van der Waals surface area (Å²) in [5.74, 6) is 0. The van der Waals surface area contributed by atoms with Gasteiger partial charge in [-0.1, -0.05) is 0 Å². The second-order valence-electron chi connectivity index (χ2n) is 4.43. The molecule has 0 aromatic carbocycles. The van der Waals surface area contributed by atoms with E-state index >= 15 is 0 Å². The van der Waals surface area contributed by atoms with E-state index in [4.69, 9.17) is 9.84 Å². The Hall–Kier alpha value is -1.99. The lowest BCUT2D eigenvalue weighted by molar-refractivity contribution is 0.184. The predicted molar refractivity (Wildman–Crippen MR) is 66.0 cm³/mol. The number of hydrogen-bond donors (Lipinski definition) is 1. The topological polar surface area (TPSA) is 82.2 Å². The van der Waals surface area contributed by atoms with Gasteiger partial charge in [0.05, 0.1) is 31.6 Å². The Morgan fingerprint density at radius 1 is 1.53 bits per heavy atom. The molecule has 0 bridgehead atoms. The fourth-order valence-electron chi connectivity index (χ4n) is 2.08. The molecule has 2 aromatic heterocycles. The Balaban J connectivity index is 1.91. The van der Waals surface area contributed by atoms with Gasteiger partial charge in [0.2, 0.25) is 5.43 Å². The van der Waals surface area contributed by atoms with Crippen LogP contribution in [0.2, 0.25) is 0 Å². The Morgan fingerprint density at radius 2 is 2.42 bits per heavy atom. The molecule has 3 heterocycles. The van der Waals surface area contributed by atoms with E-state index in [1.165, 1.54) is 10.7 Å². The average molecular weight is 262 g/mol. The first-order valence-corrected chi connectivity index (χ1v) is 6.10. The van der Waals surface area contributed by atoms with Crippen LogP contribution in [0.5, 0.6) is 0 Å². The molecule has 7 nitrogen and oxygen atoms in total. The lowest BCUT2D eigenvalue weighted by Gasteiger charge is -2.07. The third-order valence-corrected chi connectivity index (χ3v) is 3.16. The van der Waals surface area contributed by atoms with Gasteiger partial charge in [-0.15, -0.1) is 0 Å². The number of aliphatic hydroxyl groups excluding tert-OH is 1. The zero-order chi connectivity index (χ0) is 13.2. The van der Waals surface area contributed by atoms with Gasteiger partial charge in [-0.3, -0.25) is 9.48 Å². The average Bonchev–Trinajstić information content (AvgIpc) is 3.10. The smallest absolute Gasteiger partial charge is 0.205 e. The fraction of sp³-hybridized carbons (Fsp3) is 0.417. The van der Waals surface area contributed by atoms with Gasteiger partial charge in [-0.25, -0.2) is 4.68 Å². The Kier molecular flexibility index (Phi) is 3.14. The van der Waals surface area contributed by atoms with Gasteiger partial charge in [-0.05, 0) is 6.42 Å². The van der Waals surface area contributed by atoms with Crippen LogP contribution in [-0.2, 0) is 11.3 Å². The zero-order valence-electron chi connectivity index (χ0n) is 10.3. The summed E-state index contributed by atoms with van der Waals surface area (Å²) in [5.41, 5.74) is 0.608. The summed E-state index contributed by atoms with van der Waals surface area (Å²) in [6.07, 6.45) is 6.05. The van der Waals surface area contributed by atoms with Crippen LogP contribution in [0.1, 0.15) is 18.2 Å². The van der Waals surface area contributed by atoms with Gasteiger partial charge in [0, 0.05) is 18.9 Å². The largest absolute Gasteiger partial charge is 0.390 e. The highest BCUT2D eigenvalue weighted by molar-refractivity contribution is 5.24. The minimum Gasteiger partial charge on any atom is -0.390 e. The lowest BCUT2D eigenvalue weighted by atomic mass is 10.3. The van der Waals surface area contributed by atoms with Crippen molar-refractivity contribution in [3.05, 3.63) is 40.6 Å². The van der Waals surface area contributed by atoms with Crippen molar-refractivity contribution in [3.8, 4) is 5.69 Å². The lowest BCUT2D eigenvalue weighted by Crippen LogP contribution is -2.15. The highest BCUT2D eigenvalue weighted by Gasteiger charge is 2.18. The van der Waals surface area contributed by atoms with Crippen molar-refractivity contribution in [1.82, 2.24) is 19.6 Å². The minimum atomic E-state index is -0.371.